The zero-order chi connectivity index (χ0) is 29.9. The van der Waals surface area contributed by atoms with Gasteiger partial charge in [0, 0.05) is 66.1 Å². The van der Waals surface area contributed by atoms with Gasteiger partial charge < -0.3 is 15.1 Å². The summed E-state index contributed by atoms with van der Waals surface area (Å²) in [6.45, 7) is 11.4. The van der Waals surface area contributed by atoms with Crippen LogP contribution in [-0.4, -0.2) is 60.7 Å². The predicted molar refractivity (Wildman–Crippen MR) is 162 cm³/mol. The van der Waals surface area contributed by atoms with Gasteiger partial charge in [-0.05, 0) is 58.0 Å². The van der Waals surface area contributed by atoms with E-state index >= 15 is 0 Å². The van der Waals surface area contributed by atoms with Gasteiger partial charge in [0.2, 0.25) is 15.4 Å². The molecule has 10 nitrogen and oxygen atoms in total. The zero-order valence-corrected chi connectivity index (χ0v) is 25.3. The van der Waals surface area contributed by atoms with Crippen molar-refractivity contribution in [1.29, 1.82) is 0 Å². The van der Waals surface area contributed by atoms with E-state index in [9.17, 15) is 21.4 Å². The third-order valence-electron chi connectivity index (χ3n) is 7.19. The lowest BCUT2D eigenvalue weighted by atomic mass is 9.93. The van der Waals surface area contributed by atoms with Crippen molar-refractivity contribution >= 4 is 36.8 Å². The van der Waals surface area contributed by atoms with Gasteiger partial charge in [-0.15, -0.1) is 0 Å². The van der Waals surface area contributed by atoms with Crippen LogP contribution in [0.5, 0.6) is 0 Å². The van der Waals surface area contributed by atoms with E-state index < -0.39 is 25.0 Å². The molecular formula is C29H37N4O6S2+. The number of hydrogen-bond donors (Lipinski definition) is 3. The van der Waals surface area contributed by atoms with E-state index in [1.807, 2.05) is 36.4 Å². The highest BCUT2D eigenvalue weighted by molar-refractivity contribution is 7.89. The van der Waals surface area contributed by atoms with Gasteiger partial charge in [-0.1, -0.05) is 6.07 Å². The minimum absolute atomic E-state index is 0.0465. The molecule has 0 aromatic heterocycles. The van der Waals surface area contributed by atoms with E-state index in [1.165, 1.54) is 12.1 Å². The van der Waals surface area contributed by atoms with Gasteiger partial charge in [-0.3, -0.25) is 4.55 Å². The summed E-state index contributed by atoms with van der Waals surface area (Å²) in [4.78, 5) is 1.35. The van der Waals surface area contributed by atoms with Gasteiger partial charge in [0.1, 0.15) is 24.4 Å². The fourth-order valence-electron chi connectivity index (χ4n) is 5.09. The Morgan fingerprint density at radius 3 is 2.20 bits per heavy atom. The van der Waals surface area contributed by atoms with Crippen LogP contribution in [0.3, 0.4) is 0 Å². The first-order chi connectivity index (χ1) is 19.5. The van der Waals surface area contributed by atoms with E-state index in [4.69, 9.17) is 10.2 Å². The van der Waals surface area contributed by atoms with Gasteiger partial charge >= 0.3 is 0 Å². The molecule has 1 heterocycles. The van der Waals surface area contributed by atoms with Crippen LogP contribution in [0.2, 0.25) is 0 Å². The van der Waals surface area contributed by atoms with Gasteiger partial charge in [0.05, 0.1) is 15.9 Å². The molecule has 1 aliphatic carbocycles. The van der Waals surface area contributed by atoms with Gasteiger partial charge in [0.15, 0.2) is 0 Å². The normalized spacial score (nSPS) is 12.2. The van der Waals surface area contributed by atoms with Crippen LogP contribution < -0.4 is 25.3 Å². The van der Waals surface area contributed by atoms with E-state index in [2.05, 4.69) is 41.9 Å². The molecule has 12 heteroatoms. The second-order valence-electron chi connectivity index (χ2n) is 9.50. The fraction of sp³-hybridized carbons (Fsp3) is 0.345. The van der Waals surface area contributed by atoms with Crippen molar-refractivity contribution in [3.8, 4) is 22.5 Å². The second-order valence-corrected chi connectivity index (χ2v) is 12.7. The standard InChI is InChI=1S/C29H36N4O6S2/c1-5-32(6-2)20-9-12-23-26(17-20)39-27-18-21(33(7-3)8-4)10-13-24(27)29(23)25-14-11-22(41(36,37)38)19-28(25)40(34,35)31-16-15-30/h9-14,17-19,31H,5-8,15-16,30H2,1-4H3/p+1. The van der Waals surface area contributed by atoms with Crippen molar-refractivity contribution in [2.75, 3.05) is 44.2 Å². The number of sulfonamides is 1. The summed E-state index contributed by atoms with van der Waals surface area (Å²) < 4.78 is 71.8. The third kappa shape index (κ3) is 6.16. The Bertz CT molecular complexity index is 1820. The molecule has 0 amide bonds. The molecule has 41 heavy (non-hydrogen) atoms. The molecule has 0 saturated heterocycles. The van der Waals surface area contributed by atoms with Crippen molar-refractivity contribution in [3.05, 3.63) is 60.0 Å². The number of nitrogens with two attached hydrogens (primary N) is 1. The SMILES string of the molecule is CCN(CC)c1ccc2c(-c3ccc(S(=O)(=O)O)cc3S(=O)(=O)NCCN)c3ccc(=[N+](CC)CC)cc-3oc2c1. The summed E-state index contributed by atoms with van der Waals surface area (Å²) in [6.07, 6.45) is 0. The molecule has 4 N–H and O–H groups in total. The summed E-state index contributed by atoms with van der Waals surface area (Å²) in [5.41, 5.74) is 8.53. The molecule has 0 atom stereocenters. The first-order valence-electron chi connectivity index (χ1n) is 13.6. The third-order valence-corrected chi connectivity index (χ3v) is 9.54. The van der Waals surface area contributed by atoms with Crippen molar-refractivity contribution in [2.45, 2.75) is 37.5 Å². The Labute approximate surface area is 241 Å². The summed E-state index contributed by atoms with van der Waals surface area (Å²) in [5, 5.41) is 1.61. The number of nitrogens with one attached hydrogen (secondary N) is 1. The molecule has 0 bridgehead atoms. The minimum atomic E-state index is -4.68. The first-order valence-corrected chi connectivity index (χ1v) is 16.6. The summed E-state index contributed by atoms with van der Waals surface area (Å²) >= 11 is 0. The topological polar surface area (TPSA) is 146 Å². The monoisotopic (exact) mass is 601 g/mol. The number of hydrogen-bond acceptors (Lipinski definition) is 7. The molecule has 1 aliphatic heterocycles. The van der Waals surface area contributed by atoms with Crippen molar-refractivity contribution < 1.29 is 25.8 Å². The van der Waals surface area contributed by atoms with E-state index in [0.717, 1.165) is 43.3 Å². The lowest BCUT2D eigenvalue weighted by Gasteiger charge is -2.23. The zero-order valence-electron chi connectivity index (χ0n) is 23.7. The molecule has 0 radical (unpaired) electrons. The molecule has 2 aromatic rings. The van der Waals surface area contributed by atoms with Crippen LogP contribution in [0.15, 0.2) is 68.8 Å². The maximum atomic E-state index is 13.5. The molecule has 0 fully saturated rings. The molecule has 2 aromatic carbocycles. The summed E-state index contributed by atoms with van der Waals surface area (Å²) in [6, 6.07) is 15.1. The Morgan fingerprint density at radius 2 is 1.59 bits per heavy atom. The van der Waals surface area contributed by atoms with E-state index in [1.54, 1.807) is 0 Å². The maximum absolute atomic E-state index is 13.5. The van der Waals surface area contributed by atoms with Crippen LogP contribution in [0.4, 0.5) is 5.69 Å². The Kier molecular flexibility index (Phi) is 9.19. The first kappa shape index (κ1) is 30.7. The van der Waals surface area contributed by atoms with Crippen LogP contribution in [0.1, 0.15) is 27.7 Å². The Morgan fingerprint density at radius 1 is 0.902 bits per heavy atom. The van der Waals surface area contributed by atoms with E-state index in [-0.39, 0.29) is 23.5 Å². The second kappa shape index (κ2) is 12.3. The Hall–Kier alpha value is -3.29. The average Bonchev–Trinajstić information content (AvgIpc) is 2.95. The molecule has 0 saturated carbocycles. The largest absolute Gasteiger partial charge is 0.456 e. The van der Waals surface area contributed by atoms with Gasteiger partial charge in [-0.25, -0.2) is 17.7 Å². The smallest absolute Gasteiger partial charge is 0.294 e. The lowest BCUT2D eigenvalue weighted by molar-refractivity contribution is 0.483. The summed E-state index contributed by atoms with van der Waals surface area (Å²) in [5.74, 6) is 0.547. The molecule has 2 aliphatic rings. The van der Waals surface area contributed by atoms with Gasteiger partial charge in [-0.2, -0.15) is 8.42 Å². The molecule has 0 spiro atoms. The number of benzene rings is 3. The minimum Gasteiger partial charge on any atom is -0.456 e. The van der Waals surface area contributed by atoms with Crippen LogP contribution in [0.25, 0.3) is 33.4 Å². The maximum Gasteiger partial charge on any atom is 0.294 e. The number of nitrogens with zero attached hydrogens (tertiary/aromatic N) is 2. The molecule has 220 valence electrons. The molecular weight excluding hydrogens is 564 g/mol. The number of fused-ring (bicyclic) bond motifs is 2. The van der Waals surface area contributed by atoms with Crippen molar-refractivity contribution in [3.63, 3.8) is 0 Å². The molecule has 4 rings (SSSR count). The summed E-state index contributed by atoms with van der Waals surface area (Å²) in [7, 11) is -8.91. The predicted octanol–water partition coefficient (Wildman–Crippen LogP) is 3.35. The number of anilines is 1. The lowest BCUT2D eigenvalue weighted by Crippen LogP contribution is -2.30. The Balaban J connectivity index is 2.18. The van der Waals surface area contributed by atoms with Crippen molar-refractivity contribution in [2.24, 2.45) is 5.73 Å². The quantitative estimate of drug-likeness (QED) is 0.135. The van der Waals surface area contributed by atoms with Gasteiger partial charge in [0.25, 0.3) is 10.1 Å². The highest BCUT2D eigenvalue weighted by atomic mass is 32.2. The number of rotatable bonds is 11. The van der Waals surface area contributed by atoms with E-state index in [0.29, 0.717) is 27.9 Å². The highest BCUT2D eigenvalue weighted by Crippen LogP contribution is 2.43. The fourth-order valence-corrected chi connectivity index (χ4v) is 6.96. The van der Waals surface area contributed by atoms with Crippen molar-refractivity contribution in [1.82, 2.24) is 9.30 Å². The highest BCUT2D eigenvalue weighted by Gasteiger charge is 2.27. The van der Waals surface area contributed by atoms with Crippen LogP contribution in [0, 0.1) is 0 Å². The molecule has 0 unspecified atom stereocenters. The van der Waals surface area contributed by atoms with Crippen LogP contribution in [-0.2, 0) is 20.1 Å². The van der Waals surface area contributed by atoms with Crippen LogP contribution >= 0.6 is 0 Å². The average molecular weight is 602 g/mol.